The van der Waals surface area contributed by atoms with Gasteiger partial charge < -0.3 is 15.7 Å². The lowest BCUT2D eigenvalue weighted by atomic mass is 9.98. The van der Waals surface area contributed by atoms with Crippen LogP contribution < -0.4 is 5.73 Å². The predicted molar refractivity (Wildman–Crippen MR) is 59.5 cm³/mol. The highest BCUT2D eigenvalue weighted by molar-refractivity contribution is 7.79. The minimum atomic E-state index is -4.67. The first kappa shape index (κ1) is 15.8. The maximum absolute atomic E-state index is 8.74. The number of piperidine rings is 1. The third-order valence-electron chi connectivity index (χ3n) is 2.35. The fourth-order valence-electron chi connectivity index (χ4n) is 1.69. The lowest BCUT2D eigenvalue weighted by Crippen LogP contribution is -2.39. The van der Waals surface area contributed by atoms with Crippen LogP contribution in [-0.4, -0.2) is 60.3 Å². The lowest BCUT2D eigenvalue weighted by Gasteiger charge is -2.31. The van der Waals surface area contributed by atoms with E-state index < -0.39 is 10.4 Å². The minimum Gasteiger partial charge on any atom is -0.395 e. The normalized spacial score (nSPS) is 22.4. The van der Waals surface area contributed by atoms with Crippen molar-refractivity contribution < 1.29 is 22.6 Å². The number of rotatable bonds is 3. The van der Waals surface area contributed by atoms with Gasteiger partial charge in [-0.05, 0) is 31.8 Å². The van der Waals surface area contributed by atoms with Gasteiger partial charge in [-0.15, -0.1) is 0 Å². The highest BCUT2D eigenvalue weighted by atomic mass is 32.3. The van der Waals surface area contributed by atoms with Gasteiger partial charge in [0, 0.05) is 13.1 Å². The van der Waals surface area contributed by atoms with Gasteiger partial charge >= 0.3 is 10.4 Å². The molecule has 1 fully saturated rings. The first-order valence-electron chi connectivity index (χ1n) is 5.10. The summed E-state index contributed by atoms with van der Waals surface area (Å²) in [5.74, 6) is 0.662. The Balaban J connectivity index is 0.000000385. The molecule has 0 bridgehead atoms. The highest BCUT2D eigenvalue weighted by Crippen LogP contribution is 2.14. The van der Waals surface area contributed by atoms with Gasteiger partial charge in [0.1, 0.15) is 0 Å². The van der Waals surface area contributed by atoms with Gasteiger partial charge in [-0.1, -0.05) is 0 Å². The summed E-state index contributed by atoms with van der Waals surface area (Å²) in [5, 5.41) is 8.70. The summed E-state index contributed by atoms with van der Waals surface area (Å²) in [6, 6.07) is 0. The average molecular weight is 256 g/mol. The van der Waals surface area contributed by atoms with Crippen LogP contribution in [0.5, 0.6) is 0 Å². The molecule has 1 aliphatic heterocycles. The molecule has 7 nitrogen and oxygen atoms in total. The van der Waals surface area contributed by atoms with E-state index in [1.54, 1.807) is 0 Å². The number of likely N-dealkylation sites (tertiary alicyclic amines) is 1. The van der Waals surface area contributed by atoms with Crippen molar-refractivity contribution in [2.75, 3.05) is 32.8 Å². The third-order valence-corrected chi connectivity index (χ3v) is 2.35. The van der Waals surface area contributed by atoms with Crippen molar-refractivity contribution in [2.45, 2.75) is 12.8 Å². The second-order valence-corrected chi connectivity index (χ2v) is 4.61. The summed E-state index contributed by atoms with van der Waals surface area (Å²) < 4.78 is 31.6. The van der Waals surface area contributed by atoms with Crippen molar-refractivity contribution in [3.8, 4) is 0 Å². The topological polar surface area (TPSA) is 124 Å². The van der Waals surface area contributed by atoms with Crippen molar-refractivity contribution in [1.29, 1.82) is 0 Å². The molecule has 1 unspecified atom stereocenters. The monoisotopic (exact) mass is 256 g/mol. The van der Waals surface area contributed by atoms with Crippen molar-refractivity contribution in [2.24, 2.45) is 11.7 Å². The first-order chi connectivity index (χ1) is 7.36. The van der Waals surface area contributed by atoms with Crippen molar-refractivity contribution >= 4 is 10.4 Å². The molecule has 0 aromatic rings. The van der Waals surface area contributed by atoms with E-state index in [9.17, 15) is 0 Å². The standard InChI is InChI=1S/C8H18N2O.H2O4S/c9-6-8-2-1-3-10(7-8)4-5-11;1-5(2,3)4/h8,11H,1-7,9H2;(H2,1,2,3,4). The number of nitrogens with zero attached hydrogens (tertiary/aromatic N) is 1. The fourth-order valence-corrected chi connectivity index (χ4v) is 1.69. The zero-order valence-corrected chi connectivity index (χ0v) is 9.93. The molecule has 1 saturated heterocycles. The number of aliphatic hydroxyl groups excluding tert-OH is 1. The Labute approximate surface area is 95.8 Å². The Morgan fingerprint density at radius 1 is 1.38 bits per heavy atom. The number of hydrogen-bond donors (Lipinski definition) is 4. The smallest absolute Gasteiger partial charge is 0.394 e. The summed E-state index contributed by atoms with van der Waals surface area (Å²) in [6.45, 7) is 4.10. The van der Waals surface area contributed by atoms with Crippen LogP contribution in [0.4, 0.5) is 0 Å². The maximum atomic E-state index is 8.74. The van der Waals surface area contributed by atoms with Gasteiger partial charge in [-0.25, -0.2) is 0 Å². The second kappa shape index (κ2) is 7.93. The Hall–Kier alpha value is -0.250. The zero-order valence-electron chi connectivity index (χ0n) is 9.12. The van der Waals surface area contributed by atoms with Crippen molar-refractivity contribution in [3.05, 3.63) is 0 Å². The number of β-amino-alcohol motifs (C(OH)–C–C–N with tert-alkyl or cyclic N) is 1. The van der Waals surface area contributed by atoms with Gasteiger partial charge in [0.05, 0.1) is 6.61 Å². The maximum Gasteiger partial charge on any atom is 0.394 e. The molecule has 1 heterocycles. The molecular weight excluding hydrogens is 236 g/mol. The largest absolute Gasteiger partial charge is 0.395 e. The molecule has 98 valence electrons. The SMILES string of the molecule is NCC1CCCN(CCO)C1.O=S(=O)(O)O. The summed E-state index contributed by atoms with van der Waals surface area (Å²) in [6.07, 6.45) is 2.50. The fraction of sp³-hybridized carbons (Fsp3) is 1.00. The van der Waals surface area contributed by atoms with E-state index in [2.05, 4.69) is 4.90 Å². The molecule has 0 spiro atoms. The van der Waals surface area contributed by atoms with Crippen LogP contribution in [0.2, 0.25) is 0 Å². The highest BCUT2D eigenvalue weighted by Gasteiger charge is 2.17. The van der Waals surface area contributed by atoms with Crippen LogP contribution in [0.1, 0.15) is 12.8 Å². The van der Waals surface area contributed by atoms with E-state index in [1.807, 2.05) is 0 Å². The number of hydrogen-bond acceptors (Lipinski definition) is 5. The van der Waals surface area contributed by atoms with E-state index in [1.165, 1.54) is 12.8 Å². The molecule has 5 N–H and O–H groups in total. The molecule has 1 aliphatic rings. The first-order valence-corrected chi connectivity index (χ1v) is 6.49. The van der Waals surface area contributed by atoms with E-state index in [0.29, 0.717) is 5.92 Å². The number of aliphatic hydroxyl groups is 1. The van der Waals surface area contributed by atoms with Gasteiger partial charge in [0.25, 0.3) is 0 Å². The van der Waals surface area contributed by atoms with Crippen molar-refractivity contribution in [3.63, 3.8) is 0 Å². The Bertz CT molecular complexity index is 260. The Morgan fingerprint density at radius 2 is 1.94 bits per heavy atom. The molecule has 0 aromatic heterocycles. The lowest BCUT2D eigenvalue weighted by molar-refractivity contribution is 0.142. The molecule has 0 amide bonds. The Morgan fingerprint density at radius 3 is 2.38 bits per heavy atom. The van der Waals surface area contributed by atoms with Gasteiger partial charge in [0.15, 0.2) is 0 Å². The molecular formula is C8H20N2O5S. The molecule has 0 radical (unpaired) electrons. The summed E-state index contributed by atoms with van der Waals surface area (Å²) in [7, 11) is -4.67. The van der Waals surface area contributed by atoms with Crippen LogP contribution in [0, 0.1) is 5.92 Å². The van der Waals surface area contributed by atoms with Crippen LogP contribution in [0.15, 0.2) is 0 Å². The van der Waals surface area contributed by atoms with Gasteiger partial charge in [-0.3, -0.25) is 9.11 Å². The molecule has 16 heavy (non-hydrogen) atoms. The van der Waals surface area contributed by atoms with Crippen LogP contribution >= 0.6 is 0 Å². The second-order valence-electron chi connectivity index (χ2n) is 3.72. The number of nitrogens with two attached hydrogens (primary N) is 1. The quantitative estimate of drug-likeness (QED) is 0.477. The van der Waals surface area contributed by atoms with Crippen LogP contribution in [0.3, 0.4) is 0 Å². The van der Waals surface area contributed by atoms with Crippen LogP contribution in [0.25, 0.3) is 0 Å². The average Bonchev–Trinajstić information content (AvgIpc) is 2.16. The molecule has 8 heteroatoms. The van der Waals surface area contributed by atoms with E-state index in [-0.39, 0.29) is 6.61 Å². The van der Waals surface area contributed by atoms with E-state index in [4.69, 9.17) is 28.4 Å². The zero-order chi connectivity index (χ0) is 12.6. The summed E-state index contributed by atoms with van der Waals surface area (Å²) in [4.78, 5) is 2.29. The molecule has 1 rings (SSSR count). The van der Waals surface area contributed by atoms with Crippen molar-refractivity contribution in [1.82, 2.24) is 4.90 Å². The third kappa shape index (κ3) is 10.3. The molecule has 0 aromatic carbocycles. The molecule has 0 aliphatic carbocycles. The Kier molecular flexibility index (Phi) is 7.81. The molecule has 1 atom stereocenters. The minimum absolute atomic E-state index is 0.275. The predicted octanol–water partition coefficient (Wildman–Crippen LogP) is -1.00. The van der Waals surface area contributed by atoms with E-state index >= 15 is 0 Å². The summed E-state index contributed by atoms with van der Waals surface area (Å²) in [5.41, 5.74) is 5.57. The van der Waals surface area contributed by atoms with Crippen LogP contribution in [-0.2, 0) is 10.4 Å². The summed E-state index contributed by atoms with van der Waals surface area (Å²) >= 11 is 0. The van der Waals surface area contributed by atoms with E-state index in [0.717, 1.165) is 26.2 Å². The molecule has 0 saturated carbocycles. The van der Waals surface area contributed by atoms with Gasteiger partial charge in [-0.2, -0.15) is 8.42 Å². The van der Waals surface area contributed by atoms with Gasteiger partial charge in [0.2, 0.25) is 0 Å².